The standard InChI is InChI=1S/C10H20O/c1-4-5-6-7-8-9-10(2)11-3/h4,10H,1,5-9H2,2-3H3. The van der Waals surface area contributed by atoms with Gasteiger partial charge in [-0.25, -0.2) is 0 Å². The molecule has 1 heteroatoms. The summed E-state index contributed by atoms with van der Waals surface area (Å²) in [7, 11) is 1.77. The van der Waals surface area contributed by atoms with Gasteiger partial charge in [0.1, 0.15) is 0 Å². The highest BCUT2D eigenvalue weighted by atomic mass is 16.5. The number of rotatable bonds is 7. The average Bonchev–Trinajstić information content (AvgIpc) is 2.04. The summed E-state index contributed by atoms with van der Waals surface area (Å²) in [5.41, 5.74) is 0. The maximum absolute atomic E-state index is 5.14. The van der Waals surface area contributed by atoms with Gasteiger partial charge < -0.3 is 4.74 Å². The van der Waals surface area contributed by atoms with Gasteiger partial charge in [0.2, 0.25) is 0 Å². The molecule has 0 rings (SSSR count). The molecule has 0 spiro atoms. The zero-order valence-electron chi connectivity index (χ0n) is 7.81. The van der Waals surface area contributed by atoms with Gasteiger partial charge in [-0.2, -0.15) is 0 Å². The minimum absolute atomic E-state index is 0.429. The summed E-state index contributed by atoms with van der Waals surface area (Å²) >= 11 is 0. The number of hydrogen-bond acceptors (Lipinski definition) is 1. The first kappa shape index (κ1) is 10.7. The van der Waals surface area contributed by atoms with Crippen molar-refractivity contribution in [3.63, 3.8) is 0 Å². The Morgan fingerprint density at radius 1 is 1.36 bits per heavy atom. The van der Waals surface area contributed by atoms with Gasteiger partial charge in [-0.05, 0) is 26.2 Å². The lowest BCUT2D eigenvalue weighted by molar-refractivity contribution is 0.108. The van der Waals surface area contributed by atoms with E-state index < -0.39 is 0 Å². The Hall–Kier alpha value is -0.300. The van der Waals surface area contributed by atoms with Crippen LogP contribution in [0.15, 0.2) is 12.7 Å². The Labute approximate surface area is 70.4 Å². The summed E-state index contributed by atoms with van der Waals surface area (Å²) in [6.07, 6.45) is 8.62. The zero-order chi connectivity index (χ0) is 8.53. The van der Waals surface area contributed by atoms with E-state index in [9.17, 15) is 0 Å². The van der Waals surface area contributed by atoms with Crippen LogP contribution in [0.5, 0.6) is 0 Å². The first-order chi connectivity index (χ1) is 5.31. The van der Waals surface area contributed by atoms with Crippen LogP contribution in [-0.2, 0) is 4.74 Å². The molecule has 1 atom stereocenters. The lowest BCUT2D eigenvalue weighted by Gasteiger charge is -2.07. The third-order valence-corrected chi connectivity index (χ3v) is 1.92. The quantitative estimate of drug-likeness (QED) is 0.406. The van der Waals surface area contributed by atoms with Crippen molar-refractivity contribution in [1.82, 2.24) is 0 Å². The lowest BCUT2D eigenvalue weighted by Crippen LogP contribution is -2.03. The van der Waals surface area contributed by atoms with Gasteiger partial charge in [0.15, 0.2) is 0 Å². The number of unbranched alkanes of at least 4 members (excludes halogenated alkanes) is 3. The predicted molar refractivity (Wildman–Crippen MR) is 49.8 cm³/mol. The molecule has 0 aromatic rings. The molecule has 1 nitrogen and oxygen atoms in total. The first-order valence-electron chi connectivity index (χ1n) is 4.45. The first-order valence-corrected chi connectivity index (χ1v) is 4.45. The van der Waals surface area contributed by atoms with Crippen molar-refractivity contribution in [1.29, 1.82) is 0 Å². The Kier molecular flexibility index (Phi) is 7.59. The van der Waals surface area contributed by atoms with E-state index in [1.54, 1.807) is 7.11 Å². The van der Waals surface area contributed by atoms with Gasteiger partial charge >= 0.3 is 0 Å². The molecule has 0 bridgehead atoms. The SMILES string of the molecule is C=CCCCCCC(C)OC. The van der Waals surface area contributed by atoms with Crippen LogP contribution in [0.2, 0.25) is 0 Å². The Bertz CT molecular complexity index is 88.9. The maximum atomic E-state index is 5.14. The summed E-state index contributed by atoms with van der Waals surface area (Å²) in [5.74, 6) is 0. The minimum atomic E-state index is 0.429. The fourth-order valence-electron chi connectivity index (χ4n) is 1.02. The minimum Gasteiger partial charge on any atom is -0.382 e. The van der Waals surface area contributed by atoms with E-state index in [2.05, 4.69) is 13.5 Å². The predicted octanol–water partition coefficient (Wildman–Crippen LogP) is 3.16. The second kappa shape index (κ2) is 7.80. The van der Waals surface area contributed by atoms with Gasteiger partial charge in [0.25, 0.3) is 0 Å². The number of allylic oxidation sites excluding steroid dienone is 1. The van der Waals surface area contributed by atoms with Crippen molar-refractivity contribution in [3.8, 4) is 0 Å². The zero-order valence-corrected chi connectivity index (χ0v) is 7.81. The van der Waals surface area contributed by atoms with Crippen LogP contribution in [0.4, 0.5) is 0 Å². The largest absolute Gasteiger partial charge is 0.382 e. The van der Waals surface area contributed by atoms with Gasteiger partial charge in [0, 0.05) is 7.11 Å². The molecule has 0 aliphatic rings. The van der Waals surface area contributed by atoms with E-state index in [1.807, 2.05) is 6.08 Å². The number of methoxy groups -OCH3 is 1. The molecule has 66 valence electrons. The smallest absolute Gasteiger partial charge is 0.0543 e. The second-order valence-electron chi connectivity index (χ2n) is 2.97. The highest BCUT2D eigenvalue weighted by Gasteiger charge is 1.97. The van der Waals surface area contributed by atoms with E-state index in [0.29, 0.717) is 6.10 Å². The lowest BCUT2D eigenvalue weighted by atomic mass is 10.1. The maximum Gasteiger partial charge on any atom is 0.0543 e. The Morgan fingerprint density at radius 2 is 2.09 bits per heavy atom. The molecule has 1 unspecified atom stereocenters. The van der Waals surface area contributed by atoms with Gasteiger partial charge in [-0.15, -0.1) is 6.58 Å². The van der Waals surface area contributed by atoms with Crippen LogP contribution in [0.1, 0.15) is 39.0 Å². The molecule has 0 aliphatic heterocycles. The van der Waals surface area contributed by atoms with Crippen molar-refractivity contribution in [2.45, 2.75) is 45.1 Å². The van der Waals surface area contributed by atoms with Crippen LogP contribution in [0.3, 0.4) is 0 Å². The summed E-state index contributed by atoms with van der Waals surface area (Å²) < 4.78 is 5.14. The molecule has 0 saturated heterocycles. The molecule has 0 aromatic heterocycles. The van der Waals surface area contributed by atoms with Gasteiger partial charge in [-0.3, -0.25) is 0 Å². The number of hydrogen-bond donors (Lipinski definition) is 0. The van der Waals surface area contributed by atoms with E-state index in [4.69, 9.17) is 4.74 Å². The van der Waals surface area contributed by atoms with Crippen molar-refractivity contribution in [2.75, 3.05) is 7.11 Å². The topological polar surface area (TPSA) is 9.23 Å². The average molecular weight is 156 g/mol. The molecule has 0 radical (unpaired) electrons. The third-order valence-electron chi connectivity index (χ3n) is 1.92. The molecule has 11 heavy (non-hydrogen) atoms. The van der Waals surface area contributed by atoms with Crippen LogP contribution < -0.4 is 0 Å². The molecule has 0 fully saturated rings. The van der Waals surface area contributed by atoms with Crippen LogP contribution >= 0.6 is 0 Å². The summed E-state index contributed by atoms with van der Waals surface area (Å²) in [5, 5.41) is 0. The summed E-state index contributed by atoms with van der Waals surface area (Å²) in [6.45, 7) is 5.80. The molecular formula is C10H20O. The fourth-order valence-corrected chi connectivity index (χ4v) is 1.02. The van der Waals surface area contributed by atoms with E-state index in [0.717, 1.165) is 6.42 Å². The van der Waals surface area contributed by atoms with E-state index >= 15 is 0 Å². The highest BCUT2D eigenvalue weighted by Crippen LogP contribution is 2.07. The van der Waals surface area contributed by atoms with Gasteiger partial charge in [-0.1, -0.05) is 18.9 Å². The molecule has 0 saturated carbocycles. The summed E-state index contributed by atoms with van der Waals surface area (Å²) in [4.78, 5) is 0. The highest BCUT2D eigenvalue weighted by molar-refractivity contribution is 4.65. The Balaban J connectivity index is 2.95. The normalized spacial score (nSPS) is 12.9. The molecule has 0 aliphatic carbocycles. The van der Waals surface area contributed by atoms with Gasteiger partial charge in [0.05, 0.1) is 6.10 Å². The fraction of sp³-hybridized carbons (Fsp3) is 0.800. The van der Waals surface area contributed by atoms with Crippen LogP contribution in [0, 0.1) is 0 Å². The monoisotopic (exact) mass is 156 g/mol. The van der Waals surface area contributed by atoms with E-state index in [1.165, 1.54) is 25.7 Å². The van der Waals surface area contributed by atoms with Crippen molar-refractivity contribution < 1.29 is 4.74 Å². The van der Waals surface area contributed by atoms with Crippen LogP contribution in [0.25, 0.3) is 0 Å². The van der Waals surface area contributed by atoms with Crippen molar-refractivity contribution in [3.05, 3.63) is 12.7 Å². The third kappa shape index (κ3) is 7.60. The molecular weight excluding hydrogens is 136 g/mol. The van der Waals surface area contributed by atoms with E-state index in [-0.39, 0.29) is 0 Å². The van der Waals surface area contributed by atoms with Crippen molar-refractivity contribution >= 4 is 0 Å². The molecule has 0 amide bonds. The molecule has 0 aromatic carbocycles. The van der Waals surface area contributed by atoms with Crippen molar-refractivity contribution in [2.24, 2.45) is 0 Å². The second-order valence-corrected chi connectivity index (χ2v) is 2.97. The van der Waals surface area contributed by atoms with Crippen LogP contribution in [-0.4, -0.2) is 13.2 Å². The Morgan fingerprint density at radius 3 is 2.64 bits per heavy atom. The number of ether oxygens (including phenoxy) is 1. The molecule has 0 heterocycles. The summed E-state index contributed by atoms with van der Waals surface area (Å²) in [6, 6.07) is 0. The molecule has 0 N–H and O–H groups in total.